The highest BCUT2D eigenvalue weighted by molar-refractivity contribution is 5.23. The van der Waals surface area contributed by atoms with Crippen LogP contribution in [0.4, 0.5) is 0 Å². The molecule has 4 fully saturated rings. The van der Waals surface area contributed by atoms with E-state index in [0.29, 0.717) is 11.2 Å². The third kappa shape index (κ3) is 0.778. The van der Waals surface area contributed by atoms with E-state index in [4.69, 9.17) is 4.74 Å². The van der Waals surface area contributed by atoms with Crippen molar-refractivity contribution >= 4 is 0 Å². The molecule has 3 saturated carbocycles. The van der Waals surface area contributed by atoms with E-state index in [0.717, 1.165) is 11.8 Å². The Morgan fingerprint density at radius 1 is 1.00 bits per heavy atom. The Labute approximate surface area is 86.2 Å². The predicted molar refractivity (Wildman–Crippen MR) is 55.1 cm³/mol. The first-order valence-electron chi connectivity index (χ1n) is 6.55. The lowest BCUT2D eigenvalue weighted by Crippen LogP contribution is -2.44. The van der Waals surface area contributed by atoms with Crippen LogP contribution in [0.5, 0.6) is 0 Å². The van der Waals surface area contributed by atoms with E-state index in [1.807, 2.05) is 0 Å². The normalized spacial score (nSPS) is 60.0. The summed E-state index contributed by atoms with van der Waals surface area (Å²) in [6.07, 6.45) is 13.0. The highest BCUT2D eigenvalue weighted by atomic mass is 16.6. The summed E-state index contributed by atoms with van der Waals surface area (Å²) in [6, 6.07) is 0. The molecule has 1 heteroatoms. The molecule has 4 atom stereocenters. The van der Waals surface area contributed by atoms with Crippen molar-refractivity contribution in [1.82, 2.24) is 0 Å². The van der Waals surface area contributed by atoms with Gasteiger partial charge >= 0.3 is 0 Å². The monoisotopic (exact) mass is 192 g/mol. The molecule has 0 aromatic rings. The maximum absolute atomic E-state index is 6.33. The van der Waals surface area contributed by atoms with Gasteiger partial charge in [0.15, 0.2) is 0 Å². The Balaban J connectivity index is 1.72. The van der Waals surface area contributed by atoms with E-state index in [1.165, 1.54) is 57.8 Å². The van der Waals surface area contributed by atoms with Gasteiger partial charge in [0.1, 0.15) is 5.60 Å². The first-order valence-corrected chi connectivity index (χ1v) is 6.55. The van der Waals surface area contributed by atoms with Crippen molar-refractivity contribution in [2.24, 2.45) is 11.8 Å². The van der Waals surface area contributed by atoms with Gasteiger partial charge in [0.25, 0.3) is 0 Å². The van der Waals surface area contributed by atoms with Crippen molar-refractivity contribution in [2.45, 2.75) is 69.0 Å². The molecule has 1 aliphatic heterocycles. The fraction of sp³-hybridized carbons (Fsp3) is 1.00. The number of rotatable bonds is 0. The summed E-state index contributed by atoms with van der Waals surface area (Å²) >= 11 is 0. The van der Waals surface area contributed by atoms with E-state index in [2.05, 4.69) is 0 Å². The van der Waals surface area contributed by atoms with Crippen LogP contribution in [0.3, 0.4) is 0 Å². The van der Waals surface area contributed by atoms with E-state index in [1.54, 1.807) is 0 Å². The third-order valence-corrected chi connectivity index (χ3v) is 5.55. The molecule has 1 heterocycles. The molecule has 0 aromatic heterocycles. The minimum absolute atomic E-state index is 0.416. The van der Waals surface area contributed by atoms with Crippen molar-refractivity contribution in [3.05, 3.63) is 0 Å². The van der Waals surface area contributed by atoms with Crippen molar-refractivity contribution in [3.8, 4) is 0 Å². The number of epoxide rings is 1. The topological polar surface area (TPSA) is 12.5 Å². The summed E-state index contributed by atoms with van der Waals surface area (Å²) in [4.78, 5) is 0. The second-order valence-electron chi connectivity index (χ2n) is 6.13. The van der Waals surface area contributed by atoms with Gasteiger partial charge in [0.05, 0.1) is 5.60 Å². The second kappa shape index (κ2) is 2.37. The average molecular weight is 192 g/mol. The highest BCUT2D eigenvalue weighted by Crippen LogP contribution is 2.70. The van der Waals surface area contributed by atoms with E-state index in [9.17, 15) is 0 Å². The number of fused-ring (bicyclic) bond motifs is 2. The zero-order valence-electron chi connectivity index (χ0n) is 8.93. The smallest absolute Gasteiger partial charge is 0.101 e. The van der Waals surface area contributed by atoms with Crippen molar-refractivity contribution in [1.29, 1.82) is 0 Å². The summed E-state index contributed by atoms with van der Waals surface area (Å²) in [5.41, 5.74) is 0.835. The number of hydrogen-bond donors (Lipinski definition) is 0. The van der Waals surface area contributed by atoms with Gasteiger partial charge in [-0.2, -0.15) is 0 Å². The summed E-state index contributed by atoms with van der Waals surface area (Å²) in [5, 5.41) is 0. The maximum atomic E-state index is 6.33. The van der Waals surface area contributed by atoms with Crippen LogP contribution < -0.4 is 0 Å². The zero-order valence-corrected chi connectivity index (χ0v) is 8.93. The standard InChI is InChI=1S/C13H20O/c1-2-7-13-11-5-3-4-10(8-11)9-12(13,6-1)14-13/h10-11H,1-9H2. The molecule has 4 unspecified atom stereocenters. The average Bonchev–Trinajstić information content (AvgIpc) is 2.88. The van der Waals surface area contributed by atoms with Crippen LogP contribution in [-0.2, 0) is 4.74 Å². The Bertz CT molecular complexity index is 274. The van der Waals surface area contributed by atoms with Crippen LogP contribution in [0.2, 0.25) is 0 Å². The summed E-state index contributed by atoms with van der Waals surface area (Å²) in [7, 11) is 0. The Kier molecular flexibility index (Phi) is 1.38. The van der Waals surface area contributed by atoms with Gasteiger partial charge < -0.3 is 4.74 Å². The van der Waals surface area contributed by atoms with Crippen LogP contribution in [0.25, 0.3) is 0 Å². The maximum Gasteiger partial charge on any atom is 0.101 e. The van der Waals surface area contributed by atoms with Gasteiger partial charge in [-0.15, -0.1) is 0 Å². The zero-order chi connectivity index (χ0) is 9.23. The molecular weight excluding hydrogens is 172 g/mol. The van der Waals surface area contributed by atoms with Crippen LogP contribution in [0.1, 0.15) is 57.8 Å². The van der Waals surface area contributed by atoms with E-state index < -0.39 is 0 Å². The lowest BCUT2D eigenvalue weighted by molar-refractivity contribution is 0.109. The van der Waals surface area contributed by atoms with Gasteiger partial charge in [0, 0.05) is 0 Å². The van der Waals surface area contributed by atoms with Crippen molar-refractivity contribution in [2.75, 3.05) is 0 Å². The fourth-order valence-corrected chi connectivity index (χ4v) is 5.00. The summed E-state index contributed by atoms with van der Waals surface area (Å²) in [6.45, 7) is 0. The highest BCUT2D eigenvalue weighted by Gasteiger charge is 2.75. The van der Waals surface area contributed by atoms with E-state index in [-0.39, 0.29) is 0 Å². The van der Waals surface area contributed by atoms with Crippen LogP contribution in [-0.4, -0.2) is 11.2 Å². The molecule has 4 rings (SSSR count). The molecule has 0 aromatic carbocycles. The molecule has 0 N–H and O–H groups in total. The van der Waals surface area contributed by atoms with Crippen LogP contribution in [0.15, 0.2) is 0 Å². The summed E-state index contributed by atoms with van der Waals surface area (Å²) in [5.74, 6) is 1.98. The molecule has 3 aliphatic carbocycles. The lowest BCUT2D eigenvalue weighted by atomic mass is 9.58. The molecule has 14 heavy (non-hydrogen) atoms. The molecule has 0 spiro atoms. The fourth-order valence-electron chi connectivity index (χ4n) is 5.00. The molecule has 0 amide bonds. The van der Waals surface area contributed by atoms with Crippen molar-refractivity contribution in [3.63, 3.8) is 0 Å². The molecular formula is C13H20O. The molecule has 2 bridgehead atoms. The predicted octanol–water partition coefficient (Wildman–Crippen LogP) is 3.28. The van der Waals surface area contributed by atoms with Gasteiger partial charge in [-0.1, -0.05) is 25.7 Å². The molecule has 78 valence electrons. The minimum Gasteiger partial charge on any atom is -0.362 e. The number of hydrogen-bond acceptors (Lipinski definition) is 1. The van der Waals surface area contributed by atoms with Gasteiger partial charge in [0.2, 0.25) is 0 Å². The number of ether oxygens (including phenoxy) is 1. The summed E-state index contributed by atoms with van der Waals surface area (Å²) < 4.78 is 6.33. The minimum atomic E-state index is 0.416. The Morgan fingerprint density at radius 2 is 1.93 bits per heavy atom. The van der Waals surface area contributed by atoms with Gasteiger partial charge in [-0.05, 0) is 43.9 Å². The third-order valence-electron chi connectivity index (χ3n) is 5.55. The molecule has 1 saturated heterocycles. The first kappa shape index (κ1) is 8.15. The first-order chi connectivity index (χ1) is 6.85. The van der Waals surface area contributed by atoms with E-state index >= 15 is 0 Å². The molecule has 1 nitrogen and oxygen atoms in total. The van der Waals surface area contributed by atoms with Gasteiger partial charge in [-0.25, -0.2) is 0 Å². The van der Waals surface area contributed by atoms with Crippen LogP contribution in [0, 0.1) is 11.8 Å². The van der Waals surface area contributed by atoms with Crippen LogP contribution >= 0.6 is 0 Å². The van der Waals surface area contributed by atoms with Gasteiger partial charge in [-0.3, -0.25) is 0 Å². The Morgan fingerprint density at radius 3 is 2.93 bits per heavy atom. The Hall–Kier alpha value is -0.0400. The second-order valence-corrected chi connectivity index (χ2v) is 6.13. The molecule has 0 radical (unpaired) electrons. The lowest BCUT2D eigenvalue weighted by Gasteiger charge is -2.42. The quantitative estimate of drug-likeness (QED) is 0.537. The molecule has 4 aliphatic rings. The van der Waals surface area contributed by atoms with Crippen molar-refractivity contribution < 1.29 is 4.74 Å². The largest absolute Gasteiger partial charge is 0.362 e. The SMILES string of the molecule is C1CC2CC(C1)C13CCCCC1(C2)O3.